The minimum atomic E-state index is 0.612. The van der Waals surface area contributed by atoms with Crippen LogP contribution in [0.3, 0.4) is 0 Å². The Morgan fingerprint density at radius 3 is 1.93 bits per heavy atom. The van der Waals surface area contributed by atoms with Crippen molar-refractivity contribution in [2.75, 3.05) is 0 Å². The SMILES string of the molecule is CCC(C)C(CC)(CC)C1(C)CC1C. The van der Waals surface area contributed by atoms with Crippen LogP contribution in [0.2, 0.25) is 0 Å². The largest absolute Gasteiger partial charge is 0.0651 e. The molecular formula is C14H28. The fraction of sp³-hybridized carbons (Fsp3) is 1.00. The fourth-order valence-electron chi connectivity index (χ4n) is 3.98. The molecule has 0 bridgehead atoms. The molecule has 1 fully saturated rings. The van der Waals surface area contributed by atoms with Gasteiger partial charge in [0, 0.05) is 0 Å². The van der Waals surface area contributed by atoms with E-state index in [1.165, 1.54) is 25.7 Å². The first-order chi connectivity index (χ1) is 6.48. The molecule has 84 valence electrons. The molecule has 1 rings (SSSR count). The van der Waals surface area contributed by atoms with Crippen LogP contribution in [0.1, 0.15) is 67.2 Å². The van der Waals surface area contributed by atoms with Crippen LogP contribution in [-0.4, -0.2) is 0 Å². The number of rotatable bonds is 5. The highest BCUT2D eigenvalue weighted by molar-refractivity contribution is 5.09. The molecule has 0 aromatic heterocycles. The first kappa shape index (κ1) is 12.1. The fourth-order valence-corrected chi connectivity index (χ4v) is 3.98. The van der Waals surface area contributed by atoms with Gasteiger partial charge in [0.2, 0.25) is 0 Å². The van der Waals surface area contributed by atoms with Gasteiger partial charge in [0.15, 0.2) is 0 Å². The summed E-state index contributed by atoms with van der Waals surface area (Å²) in [6, 6.07) is 0. The summed E-state index contributed by atoms with van der Waals surface area (Å²) in [5, 5.41) is 0. The van der Waals surface area contributed by atoms with Crippen molar-refractivity contribution in [1.82, 2.24) is 0 Å². The van der Waals surface area contributed by atoms with Gasteiger partial charge in [-0.05, 0) is 41.9 Å². The van der Waals surface area contributed by atoms with Crippen molar-refractivity contribution < 1.29 is 0 Å². The van der Waals surface area contributed by atoms with Gasteiger partial charge in [0.1, 0.15) is 0 Å². The molecule has 0 spiro atoms. The van der Waals surface area contributed by atoms with Crippen LogP contribution in [0.5, 0.6) is 0 Å². The highest BCUT2D eigenvalue weighted by atomic mass is 14.6. The van der Waals surface area contributed by atoms with Crippen LogP contribution in [-0.2, 0) is 0 Å². The molecule has 0 nitrogen and oxygen atoms in total. The Kier molecular flexibility index (Phi) is 3.33. The van der Waals surface area contributed by atoms with Crippen molar-refractivity contribution in [1.29, 1.82) is 0 Å². The lowest BCUT2D eigenvalue weighted by molar-refractivity contribution is 0.0475. The van der Waals surface area contributed by atoms with Gasteiger partial charge >= 0.3 is 0 Å². The van der Waals surface area contributed by atoms with E-state index in [4.69, 9.17) is 0 Å². The summed E-state index contributed by atoms with van der Waals surface area (Å²) in [6.07, 6.45) is 5.52. The number of hydrogen-bond acceptors (Lipinski definition) is 0. The van der Waals surface area contributed by atoms with E-state index in [0.29, 0.717) is 10.8 Å². The van der Waals surface area contributed by atoms with Gasteiger partial charge in [0.25, 0.3) is 0 Å². The van der Waals surface area contributed by atoms with E-state index in [1.807, 2.05) is 0 Å². The van der Waals surface area contributed by atoms with Crippen LogP contribution < -0.4 is 0 Å². The topological polar surface area (TPSA) is 0 Å². The Labute approximate surface area is 90.5 Å². The summed E-state index contributed by atoms with van der Waals surface area (Å²) in [4.78, 5) is 0. The van der Waals surface area contributed by atoms with Gasteiger partial charge in [-0.3, -0.25) is 0 Å². The molecule has 3 unspecified atom stereocenters. The second kappa shape index (κ2) is 3.87. The molecule has 0 N–H and O–H groups in total. The predicted molar refractivity (Wildman–Crippen MR) is 64.4 cm³/mol. The van der Waals surface area contributed by atoms with Gasteiger partial charge in [-0.25, -0.2) is 0 Å². The third-order valence-electron chi connectivity index (χ3n) is 5.61. The highest BCUT2D eigenvalue weighted by Crippen LogP contribution is 2.68. The average molecular weight is 196 g/mol. The standard InChI is InChI=1S/C14H28/c1-7-11(4)14(8-2,9-3)13(6)10-12(13)5/h11-12H,7-10H2,1-6H3. The Morgan fingerprint density at radius 2 is 1.71 bits per heavy atom. The Bertz CT molecular complexity index is 190. The van der Waals surface area contributed by atoms with Crippen LogP contribution in [0.25, 0.3) is 0 Å². The molecule has 0 amide bonds. The van der Waals surface area contributed by atoms with E-state index in [9.17, 15) is 0 Å². The summed E-state index contributed by atoms with van der Waals surface area (Å²) in [7, 11) is 0. The molecule has 0 radical (unpaired) electrons. The van der Waals surface area contributed by atoms with Gasteiger partial charge in [-0.15, -0.1) is 0 Å². The van der Waals surface area contributed by atoms with Crippen molar-refractivity contribution >= 4 is 0 Å². The minimum absolute atomic E-state index is 0.612. The van der Waals surface area contributed by atoms with Crippen LogP contribution >= 0.6 is 0 Å². The molecule has 3 atom stereocenters. The quantitative estimate of drug-likeness (QED) is 0.587. The second-order valence-electron chi connectivity index (χ2n) is 5.70. The predicted octanol–water partition coefficient (Wildman–Crippen LogP) is 4.89. The lowest BCUT2D eigenvalue weighted by atomic mass is 9.60. The molecular weight excluding hydrogens is 168 g/mol. The van der Waals surface area contributed by atoms with E-state index in [-0.39, 0.29) is 0 Å². The molecule has 1 aliphatic carbocycles. The summed E-state index contributed by atoms with van der Waals surface area (Å²) in [5.74, 6) is 1.84. The molecule has 0 aliphatic heterocycles. The first-order valence-electron chi connectivity index (χ1n) is 6.48. The molecule has 0 saturated heterocycles. The molecule has 0 aromatic carbocycles. The third kappa shape index (κ3) is 1.42. The number of hydrogen-bond donors (Lipinski definition) is 0. The normalized spacial score (nSPS) is 34.3. The first-order valence-corrected chi connectivity index (χ1v) is 6.48. The smallest absolute Gasteiger partial charge is 0.0221 e. The third-order valence-corrected chi connectivity index (χ3v) is 5.61. The van der Waals surface area contributed by atoms with E-state index in [1.54, 1.807) is 0 Å². The van der Waals surface area contributed by atoms with E-state index in [2.05, 4.69) is 41.5 Å². The molecule has 0 heteroatoms. The van der Waals surface area contributed by atoms with Crippen molar-refractivity contribution in [2.24, 2.45) is 22.7 Å². The zero-order chi connectivity index (χ0) is 11.0. The average Bonchev–Trinajstić information content (AvgIpc) is 2.78. The zero-order valence-corrected chi connectivity index (χ0v) is 11.0. The summed E-state index contributed by atoms with van der Waals surface area (Å²) >= 11 is 0. The van der Waals surface area contributed by atoms with Gasteiger partial charge in [0.05, 0.1) is 0 Å². The second-order valence-corrected chi connectivity index (χ2v) is 5.70. The lowest BCUT2D eigenvalue weighted by Gasteiger charge is -2.44. The molecule has 14 heavy (non-hydrogen) atoms. The maximum atomic E-state index is 2.52. The summed E-state index contributed by atoms with van der Waals surface area (Å²) in [6.45, 7) is 14.6. The van der Waals surface area contributed by atoms with Crippen molar-refractivity contribution in [3.8, 4) is 0 Å². The molecule has 1 saturated carbocycles. The van der Waals surface area contributed by atoms with Gasteiger partial charge in [-0.1, -0.05) is 48.0 Å². The maximum absolute atomic E-state index is 2.52. The van der Waals surface area contributed by atoms with Crippen LogP contribution in [0, 0.1) is 22.7 Å². The van der Waals surface area contributed by atoms with E-state index < -0.39 is 0 Å². The molecule has 0 heterocycles. The van der Waals surface area contributed by atoms with Crippen LogP contribution in [0.15, 0.2) is 0 Å². The molecule has 0 aromatic rings. The Hall–Kier alpha value is 0. The monoisotopic (exact) mass is 196 g/mol. The Balaban J connectivity index is 2.92. The summed E-state index contributed by atoms with van der Waals surface area (Å²) in [5.41, 5.74) is 1.26. The van der Waals surface area contributed by atoms with Crippen LogP contribution in [0.4, 0.5) is 0 Å². The van der Waals surface area contributed by atoms with Crippen molar-refractivity contribution in [3.63, 3.8) is 0 Å². The lowest BCUT2D eigenvalue weighted by Crippen LogP contribution is -2.36. The minimum Gasteiger partial charge on any atom is -0.0651 e. The molecule has 1 aliphatic rings. The van der Waals surface area contributed by atoms with Gasteiger partial charge < -0.3 is 0 Å². The van der Waals surface area contributed by atoms with E-state index >= 15 is 0 Å². The van der Waals surface area contributed by atoms with Crippen molar-refractivity contribution in [2.45, 2.75) is 67.2 Å². The van der Waals surface area contributed by atoms with Crippen molar-refractivity contribution in [3.05, 3.63) is 0 Å². The van der Waals surface area contributed by atoms with Gasteiger partial charge in [-0.2, -0.15) is 0 Å². The summed E-state index contributed by atoms with van der Waals surface area (Å²) < 4.78 is 0. The maximum Gasteiger partial charge on any atom is -0.0221 e. The van der Waals surface area contributed by atoms with E-state index in [0.717, 1.165) is 11.8 Å². The highest BCUT2D eigenvalue weighted by Gasteiger charge is 2.60. The zero-order valence-electron chi connectivity index (χ0n) is 11.0. The Morgan fingerprint density at radius 1 is 1.29 bits per heavy atom.